The van der Waals surface area contributed by atoms with E-state index in [1.165, 1.54) is 0 Å². The summed E-state index contributed by atoms with van der Waals surface area (Å²) in [6.07, 6.45) is 1.59. The zero-order chi connectivity index (χ0) is 14.8. The first kappa shape index (κ1) is 13.8. The zero-order valence-corrected chi connectivity index (χ0v) is 12.9. The number of rotatable bonds is 3. The van der Waals surface area contributed by atoms with Gasteiger partial charge in [0.1, 0.15) is 11.4 Å². The first-order chi connectivity index (χ1) is 10.2. The molecule has 0 amide bonds. The van der Waals surface area contributed by atoms with Gasteiger partial charge in [-0.25, -0.2) is 4.98 Å². The van der Waals surface area contributed by atoms with Crippen LogP contribution in [0.5, 0.6) is 5.75 Å². The van der Waals surface area contributed by atoms with Crippen molar-refractivity contribution < 1.29 is 9.53 Å². The standard InChI is InChI=1S/C17H12BrNO2/c1-21-15-10-19-16(12-7-3-2-6-11(12)15)17(20)13-8-4-5-9-14(13)18/h2-10H,1H3. The third-order valence-electron chi connectivity index (χ3n) is 3.31. The molecule has 4 heteroatoms. The molecule has 0 saturated carbocycles. The largest absolute Gasteiger partial charge is 0.494 e. The molecule has 0 atom stereocenters. The van der Waals surface area contributed by atoms with Crippen molar-refractivity contribution in [3.8, 4) is 5.75 Å². The van der Waals surface area contributed by atoms with Gasteiger partial charge in [0.2, 0.25) is 5.78 Å². The summed E-state index contributed by atoms with van der Waals surface area (Å²) in [5, 5.41) is 1.67. The average Bonchev–Trinajstić information content (AvgIpc) is 2.53. The number of methoxy groups -OCH3 is 1. The number of carbonyl (C=O) groups excluding carboxylic acids is 1. The van der Waals surface area contributed by atoms with Crippen LogP contribution in [0.1, 0.15) is 16.1 Å². The molecule has 1 aromatic heterocycles. The van der Waals surface area contributed by atoms with Gasteiger partial charge in [0, 0.05) is 20.8 Å². The molecule has 0 spiro atoms. The van der Waals surface area contributed by atoms with Crippen LogP contribution in [-0.4, -0.2) is 17.9 Å². The molecule has 3 rings (SSSR count). The summed E-state index contributed by atoms with van der Waals surface area (Å²) in [6.45, 7) is 0. The van der Waals surface area contributed by atoms with Crippen LogP contribution in [0.4, 0.5) is 0 Å². The fourth-order valence-corrected chi connectivity index (χ4v) is 2.75. The lowest BCUT2D eigenvalue weighted by Gasteiger charge is -2.09. The molecule has 21 heavy (non-hydrogen) atoms. The maximum absolute atomic E-state index is 12.7. The van der Waals surface area contributed by atoms with Gasteiger partial charge in [-0.2, -0.15) is 0 Å². The molecule has 0 unspecified atom stereocenters. The molecular weight excluding hydrogens is 330 g/mol. The predicted molar refractivity (Wildman–Crippen MR) is 85.9 cm³/mol. The normalized spacial score (nSPS) is 10.6. The van der Waals surface area contributed by atoms with E-state index >= 15 is 0 Å². The Balaban J connectivity index is 2.22. The van der Waals surface area contributed by atoms with Crippen LogP contribution < -0.4 is 4.74 Å². The number of nitrogens with zero attached hydrogens (tertiary/aromatic N) is 1. The highest BCUT2D eigenvalue weighted by Crippen LogP contribution is 2.29. The molecule has 0 aliphatic carbocycles. The summed E-state index contributed by atoms with van der Waals surface area (Å²) in [5.74, 6) is 0.551. The predicted octanol–water partition coefficient (Wildman–Crippen LogP) is 4.24. The van der Waals surface area contributed by atoms with Gasteiger partial charge in [0.15, 0.2) is 0 Å². The van der Waals surface area contributed by atoms with Gasteiger partial charge in [0.05, 0.1) is 13.3 Å². The van der Waals surface area contributed by atoms with Crippen molar-refractivity contribution >= 4 is 32.5 Å². The van der Waals surface area contributed by atoms with E-state index < -0.39 is 0 Å². The fraction of sp³-hybridized carbons (Fsp3) is 0.0588. The van der Waals surface area contributed by atoms with Crippen LogP contribution in [0.15, 0.2) is 59.2 Å². The van der Waals surface area contributed by atoms with Crippen molar-refractivity contribution in [3.05, 3.63) is 70.5 Å². The number of aromatic nitrogens is 1. The number of benzene rings is 2. The minimum Gasteiger partial charge on any atom is -0.494 e. The maximum atomic E-state index is 12.7. The number of hydrogen-bond acceptors (Lipinski definition) is 3. The lowest BCUT2D eigenvalue weighted by Crippen LogP contribution is -2.06. The molecule has 0 saturated heterocycles. The fourth-order valence-electron chi connectivity index (χ4n) is 2.28. The number of ketones is 1. The van der Waals surface area contributed by atoms with Crippen LogP contribution in [0.2, 0.25) is 0 Å². The summed E-state index contributed by atoms with van der Waals surface area (Å²) in [6, 6.07) is 15.0. The second-order valence-electron chi connectivity index (χ2n) is 4.53. The van der Waals surface area contributed by atoms with E-state index in [1.54, 1.807) is 19.4 Å². The number of fused-ring (bicyclic) bond motifs is 1. The minimum absolute atomic E-state index is 0.110. The van der Waals surface area contributed by atoms with Crippen LogP contribution in [-0.2, 0) is 0 Å². The Morgan fingerprint density at radius 2 is 1.71 bits per heavy atom. The van der Waals surface area contributed by atoms with Crippen molar-refractivity contribution in [1.29, 1.82) is 0 Å². The molecule has 0 fully saturated rings. The molecule has 3 nitrogen and oxygen atoms in total. The van der Waals surface area contributed by atoms with Gasteiger partial charge in [-0.3, -0.25) is 4.79 Å². The molecule has 0 aliphatic rings. The average molecular weight is 342 g/mol. The van der Waals surface area contributed by atoms with E-state index in [-0.39, 0.29) is 5.78 Å². The molecule has 104 valence electrons. The Hall–Kier alpha value is -2.20. The van der Waals surface area contributed by atoms with Crippen molar-refractivity contribution in [1.82, 2.24) is 4.98 Å². The van der Waals surface area contributed by atoms with Crippen LogP contribution in [0.3, 0.4) is 0 Å². The number of pyridine rings is 1. The van der Waals surface area contributed by atoms with Crippen molar-refractivity contribution in [3.63, 3.8) is 0 Å². The third kappa shape index (κ3) is 2.43. The van der Waals surface area contributed by atoms with Gasteiger partial charge in [0.25, 0.3) is 0 Å². The Bertz CT molecular complexity index is 830. The number of halogens is 1. The number of ether oxygens (including phenoxy) is 1. The van der Waals surface area contributed by atoms with E-state index in [0.717, 1.165) is 15.2 Å². The van der Waals surface area contributed by atoms with E-state index in [1.807, 2.05) is 42.5 Å². The number of hydrogen-bond donors (Lipinski definition) is 0. The van der Waals surface area contributed by atoms with Crippen molar-refractivity contribution in [2.24, 2.45) is 0 Å². The molecule has 1 heterocycles. The second kappa shape index (κ2) is 5.66. The Labute approximate surface area is 130 Å². The quantitative estimate of drug-likeness (QED) is 0.669. The molecule has 0 N–H and O–H groups in total. The van der Waals surface area contributed by atoms with Crippen molar-refractivity contribution in [2.75, 3.05) is 7.11 Å². The monoisotopic (exact) mass is 341 g/mol. The summed E-state index contributed by atoms with van der Waals surface area (Å²) < 4.78 is 6.07. The highest BCUT2D eigenvalue weighted by atomic mass is 79.9. The maximum Gasteiger partial charge on any atom is 0.213 e. The molecule has 0 radical (unpaired) electrons. The lowest BCUT2D eigenvalue weighted by atomic mass is 10.0. The zero-order valence-electron chi connectivity index (χ0n) is 11.3. The molecule has 2 aromatic carbocycles. The van der Waals surface area contributed by atoms with Gasteiger partial charge in [-0.15, -0.1) is 0 Å². The first-order valence-electron chi connectivity index (χ1n) is 6.43. The van der Waals surface area contributed by atoms with E-state index in [4.69, 9.17) is 4.74 Å². The Morgan fingerprint density at radius 1 is 1.05 bits per heavy atom. The lowest BCUT2D eigenvalue weighted by molar-refractivity contribution is 0.103. The van der Waals surface area contributed by atoms with Crippen LogP contribution in [0.25, 0.3) is 10.8 Å². The highest BCUT2D eigenvalue weighted by molar-refractivity contribution is 9.10. The SMILES string of the molecule is COc1cnc(C(=O)c2ccccc2Br)c2ccccc12. The molecule has 0 aliphatic heterocycles. The summed E-state index contributed by atoms with van der Waals surface area (Å²) in [5.41, 5.74) is 1.03. The smallest absolute Gasteiger partial charge is 0.213 e. The molecule has 0 bridgehead atoms. The van der Waals surface area contributed by atoms with Crippen LogP contribution >= 0.6 is 15.9 Å². The topological polar surface area (TPSA) is 39.2 Å². The van der Waals surface area contributed by atoms with Gasteiger partial charge in [-0.05, 0) is 12.1 Å². The van der Waals surface area contributed by atoms with Gasteiger partial charge in [-0.1, -0.05) is 52.3 Å². The van der Waals surface area contributed by atoms with Gasteiger partial charge < -0.3 is 4.74 Å². The van der Waals surface area contributed by atoms with E-state index in [9.17, 15) is 4.79 Å². The minimum atomic E-state index is -0.110. The van der Waals surface area contributed by atoms with E-state index in [0.29, 0.717) is 17.0 Å². The molecular formula is C17H12BrNO2. The summed E-state index contributed by atoms with van der Waals surface area (Å²) >= 11 is 3.41. The Morgan fingerprint density at radius 3 is 2.43 bits per heavy atom. The highest BCUT2D eigenvalue weighted by Gasteiger charge is 2.17. The Kier molecular flexibility index (Phi) is 3.71. The molecule has 3 aromatic rings. The number of carbonyl (C=O) groups is 1. The summed E-state index contributed by atoms with van der Waals surface area (Å²) in [4.78, 5) is 17.0. The first-order valence-corrected chi connectivity index (χ1v) is 7.22. The van der Waals surface area contributed by atoms with Crippen molar-refractivity contribution in [2.45, 2.75) is 0 Å². The second-order valence-corrected chi connectivity index (χ2v) is 5.38. The van der Waals surface area contributed by atoms with Gasteiger partial charge >= 0.3 is 0 Å². The van der Waals surface area contributed by atoms with E-state index in [2.05, 4.69) is 20.9 Å². The summed E-state index contributed by atoms with van der Waals surface area (Å²) in [7, 11) is 1.60. The van der Waals surface area contributed by atoms with Crippen LogP contribution in [0, 0.1) is 0 Å². The third-order valence-corrected chi connectivity index (χ3v) is 4.00.